The van der Waals surface area contributed by atoms with Crippen LogP contribution in [0.4, 0.5) is 0 Å². The van der Waals surface area contributed by atoms with Crippen LogP contribution in [0.3, 0.4) is 0 Å². The number of amides is 1. The van der Waals surface area contributed by atoms with Crippen LogP contribution in [-0.2, 0) is 21.1 Å². The molecule has 128 valence electrons. The van der Waals surface area contributed by atoms with Gasteiger partial charge < -0.3 is 5.32 Å². The fraction of sp³-hybridized carbons (Fsp3) is 0.611. The van der Waals surface area contributed by atoms with Gasteiger partial charge in [0.1, 0.15) is 9.84 Å². The van der Waals surface area contributed by atoms with E-state index in [0.717, 1.165) is 19.3 Å². The van der Waals surface area contributed by atoms with Gasteiger partial charge in [-0.25, -0.2) is 8.42 Å². The van der Waals surface area contributed by atoms with E-state index in [2.05, 4.69) is 31.3 Å². The highest BCUT2D eigenvalue weighted by Crippen LogP contribution is 2.39. The van der Waals surface area contributed by atoms with Crippen LogP contribution >= 0.6 is 0 Å². The number of aryl methyl sites for hydroxylation is 1. The van der Waals surface area contributed by atoms with E-state index in [1.165, 1.54) is 17.4 Å². The first kappa shape index (κ1) is 18.0. The van der Waals surface area contributed by atoms with Crippen molar-refractivity contribution in [1.29, 1.82) is 0 Å². The zero-order chi connectivity index (χ0) is 17.1. The van der Waals surface area contributed by atoms with Crippen LogP contribution in [0.15, 0.2) is 24.3 Å². The first-order valence-electron chi connectivity index (χ1n) is 8.21. The normalized spacial score (nSPS) is 20.4. The summed E-state index contributed by atoms with van der Waals surface area (Å²) in [6.07, 6.45) is 4.87. The lowest BCUT2D eigenvalue weighted by atomic mass is 9.83. The monoisotopic (exact) mass is 337 g/mol. The van der Waals surface area contributed by atoms with Crippen molar-refractivity contribution >= 4 is 15.7 Å². The van der Waals surface area contributed by atoms with E-state index in [0.29, 0.717) is 6.42 Å². The minimum Gasteiger partial charge on any atom is -0.349 e. The molecule has 1 aromatic rings. The molecule has 1 aromatic carbocycles. The van der Waals surface area contributed by atoms with Gasteiger partial charge in [0, 0.05) is 12.7 Å². The predicted octanol–water partition coefficient (Wildman–Crippen LogP) is 3.03. The molecule has 4 nitrogen and oxygen atoms in total. The lowest BCUT2D eigenvalue weighted by molar-refractivity contribution is -0.122. The second kappa shape index (κ2) is 7.04. The van der Waals surface area contributed by atoms with Gasteiger partial charge in [-0.15, -0.1) is 0 Å². The zero-order valence-electron chi connectivity index (χ0n) is 14.3. The van der Waals surface area contributed by atoms with Crippen LogP contribution in [0.2, 0.25) is 0 Å². The van der Waals surface area contributed by atoms with Gasteiger partial charge in [-0.3, -0.25) is 4.79 Å². The number of sulfone groups is 1. The molecule has 0 saturated carbocycles. The average molecular weight is 337 g/mol. The number of benzene rings is 1. The predicted molar refractivity (Wildman–Crippen MR) is 93.0 cm³/mol. The van der Waals surface area contributed by atoms with E-state index in [9.17, 15) is 13.2 Å². The third-order valence-corrected chi connectivity index (χ3v) is 5.54. The molecule has 5 heteroatoms. The third kappa shape index (κ3) is 5.65. The fourth-order valence-electron chi connectivity index (χ4n) is 3.23. The van der Waals surface area contributed by atoms with Crippen molar-refractivity contribution < 1.29 is 13.2 Å². The van der Waals surface area contributed by atoms with Crippen molar-refractivity contribution in [3.05, 3.63) is 35.4 Å². The molecule has 1 N–H and O–H groups in total. The van der Waals surface area contributed by atoms with Gasteiger partial charge in [-0.05, 0) is 42.2 Å². The molecular formula is C18H27NO3S. The summed E-state index contributed by atoms with van der Waals surface area (Å²) < 4.78 is 22.3. The Hall–Kier alpha value is -1.36. The van der Waals surface area contributed by atoms with Crippen molar-refractivity contribution in [3.63, 3.8) is 0 Å². The van der Waals surface area contributed by atoms with E-state index in [4.69, 9.17) is 0 Å². The highest BCUT2D eigenvalue weighted by atomic mass is 32.2. The van der Waals surface area contributed by atoms with E-state index in [1.54, 1.807) is 0 Å². The van der Waals surface area contributed by atoms with Gasteiger partial charge in [0.2, 0.25) is 5.91 Å². The Labute approximate surface area is 139 Å². The second-order valence-corrected chi connectivity index (χ2v) is 9.68. The number of hydrogen-bond donors (Lipinski definition) is 1. The summed E-state index contributed by atoms with van der Waals surface area (Å²) in [6, 6.07) is 8.30. The van der Waals surface area contributed by atoms with Gasteiger partial charge in [0.05, 0.1) is 11.8 Å². The Kier molecular flexibility index (Phi) is 5.50. The lowest BCUT2D eigenvalue weighted by Gasteiger charge is -2.27. The van der Waals surface area contributed by atoms with E-state index >= 15 is 0 Å². The van der Waals surface area contributed by atoms with Gasteiger partial charge in [-0.2, -0.15) is 0 Å². The topological polar surface area (TPSA) is 63.2 Å². The summed E-state index contributed by atoms with van der Waals surface area (Å²) >= 11 is 0. The summed E-state index contributed by atoms with van der Waals surface area (Å²) in [5.41, 5.74) is 2.68. The molecule has 2 rings (SSSR count). The largest absolute Gasteiger partial charge is 0.349 e. The molecule has 0 radical (unpaired) electrons. The van der Waals surface area contributed by atoms with Crippen LogP contribution < -0.4 is 5.32 Å². The first-order chi connectivity index (χ1) is 10.7. The molecule has 0 unspecified atom stereocenters. The van der Waals surface area contributed by atoms with Crippen LogP contribution in [0.1, 0.15) is 56.7 Å². The number of carbonyl (C=O) groups excluding carboxylic acids is 1. The van der Waals surface area contributed by atoms with Crippen LogP contribution in [0, 0.1) is 5.41 Å². The minimum atomic E-state index is -3.01. The molecule has 1 atom stereocenters. The van der Waals surface area contributed by atoms with E-state index < -0.39 is 9.84 Å². The Morgan fingerprint density at radius 2 is 2.00 bits per heavy atom. The molecule has 23 heavy (non-hydrogen) atoms. The summed E-state index contributed by atoms with van der Waals surface area (Å²) in [4.78, 5) is 12.2. The second-order valence-electron chi connectivity index (χ2n) is 7.42. The van der Waals surface area contributed by atoms with Crippen LogP contribution in [0.5, 0.6) is 0 Å². The lowest BCUT2D eigenvalue weighted by Crippen LogP contribution is -2.31. The number of carbonyl (C=O) groups is 1. The van der Waals surface area contributed by atoms with Gasteiger partial charge in [0.15, 0.2) is 0 Å². The van der Waals surface area contributed by atoms with E-state index in [1.807, 2.05) is 12.1 Å². The Balaban J connectivity index is 2.06. The van der Waals surface area contributed by atoms with Gasteiger partial charge in [-0.1, -0.05) is 38.1 Å². The highest BCUT2D eigenvalue weighted by molar-refractivity contribution is 7.90. The Bertz CT molecular complexity index is 665. The molecule has 1 aliphatic carbocycles. The van der Waals surface area contributed by atoms with Crippen molar-refractivity contribution in [1.82, 2.24) is 5.32 Å². The number of hydrogen-bond acceptors (Lipinski definition) is 3. The summed E-state index contributed by atoms with van der Waals surface area (Å²) in [5, 5.41) is 3.12. The number of nitrogens with one attached hydrogen (secondary N) is 1. The van der Waals surface area contributed by atoms with E-state index in [-0.39, 0.29) is 29.5 Å². The van der Waals surface area contributed by atoms with Crippen molar-refractivity contribution in [2.75, 3.05) is 12.0 Å². The molecule has 0 bridgehead atoms. The minimum absolute atomic E-state index is 0.00873. The quantitative estimate of drug-likeness (QED) is 0.840. The SMILES string of the molecule is CC1(C)CCc2ccccc2[C@@H](NC(=O)CCCS(C)(=O)=O)C1. The molecule has 0 spiro atoms. The third-order valence-electron chi connectivity index (χ3n) is 4.51. The molecule has 0 fully saturated rings. The molecule has 1 amide bonds. The molecule has 1 aliphatic rings. The molecule has 0 aliphatic heterocycles. The fourth-order valence-corrected chi connectivity index (χ4v) is 3.90. The van der Waals surface area contributed by atoms with Gasteiger partial charge in [0.25, 0.3) is 0 Å². The first-order valence-corrected chi connectivity index (χ1v) is 10.3. The Morgan fingerprint density at radius 1 is 1.30 bits per heavy atom. The molecule has 0 saturated heterocycles. The van der Waals surface area contributed by atoms with Crippen molar-refractivity contribution in [3.8, 4) is 0 Å². The smallest absolute Gasteiger partial charge is 0.220 e. The standard InChI is InChI=1S/C18H27NO3S/c1-18(2)11-10-14-7-4-5-8-15(14)16(13-18)19-17(20)9-6-12-23(3,21)22/h4-5,7-8,16H,6,9-13H2,1-3H3,(H,19,20)/t16-/m0/s1. The maximum atomic E-state index is 12.2. The van der Waals surface area contributed by atoms with Crippen molar-refractivity contribution in [2.45, 2.75) is 52.0 Å². The summed E-state index contributed by atoms with van der Waals surface area (Å²) in [6.45, 7) is 4.48. The molecule has 0 heterocycles. The maximum Gasteiger partial charge on any atom is 0.220 e. The highest BCUT2D eigenvalue weighted by Gasteiger charge is 2.30. The molecular weight excluding hydrogens is 310 g/mol. The summed E-state index contributed by atoms with van der Waals surface area (Å²) in [5.74, 6) is -0.00108. The molecule has 0 aromatic heterocycles. The average Bonchev–Trinajstić information content (AvgIpc) is 2.55. The Morgan fingerprint density at radius 3 is 2.70 bits per heavy atom. The number of rotatable bonds is 5. The zero-order valence-corrected chi connectivity index (χ0v) is 15.1. The number of fused-ring (bicyclic) bond motifs is 1. The van der Waals surface area contributed by atoms with Gasteiger partial charge >= 0.3 is 0 Å². The van der Waals surface area contributed by atoms with Crippen molar-refractivity contribution in [2.24, 2.45) is 5.41 Å². The maximum absolute atomic E-state index is 12.2. The summed E-state index contributed by atoms with van der Waals surface area (Å²) in [7, 11) is -3.01. The van der Waals surface area contributed by atoms with Crippen LogP contribution in [-0.4, -0.2) is 26.3 Å². The van der Waals surface area contributed by atoms with Crippen LogP contribution in [0.25, 0.3) is 0 Å².